The van der Waals surface area contributed by atoms with E-state index in [0.717, 1.165) is 7.05 Å². The number of nitrogens with one attached hydrogen (secondary N) is 1. The van der Waals surface area contributed by atoms with Crippen molar-refractivity contribution >= 4 is 26.0 Å². The molecule has 7 heteroatoms. The fourth-order valence-electron chi connectivity index (χ4n) is 0.437. The van der Waals surface area contributed by atoms with Crippen LogP contribution in [0.25, 0.3) is 0 Å². The van der Waals surface area contributed by atoms with Gasteiger partial charge in [-0.3, -0.25) is 0 Å². The Bertz CT molecular complexity index is 262. The van der Waals surface area contributed by atoms with E-state index in [-0.39, 0.29) is 6.04 Å². The van der Waals surface area contributed by atoms with E-state index in [1.165, 1.54) is 0 Å². The van der Waals surface area contributed by atoms with Crippen molar-refractivity contribution in [1.82, 2.24) is 9.62 Å². The van der Waals surface area contributed by atoms with Crippen molar-refractivity contribution in [3.05, 3.63) is 0 Å². The molecule has 12 heavy (non-hydrogen) atoms. The summed E-state index contributed by atoms with van der Waals surface area (Å²) in [4.78, 5) is 11.0. The van der Waals surface area contributed by atoms with E-state index in [9.17, 15) is 13.2 Å². The number of hydrogen-bond acceptors (Lipinski definition) is 3. The lowest BCUT2D eigenvalue weighted by Crippen LogP contribution is -2.42. The highest BCUT2D eigenvalue weighted by molar-refractivity contribution is 8.12. The van der Waals surface area contributed by atoms with Gasteiger partial charge in [-0.1, -0.05) is 0 Å². The van der Waals surface area contributed by atoms with Crippen molar-refractivity contribution in [2.24, 2.45) is 0 Å². The molecule has 0 fully saturated rings. The predicted octanol–water partition coefficient (Wildman–Crippen LogP) is 0.520. The molecule has 0 saturated heterocycles. The van der Waals surface area contributed by atoms with E-state index >= 15 is 0 Å². The number of amides is 2. The van der Waals surface area contributed by atoms with Crippen molar-refractivity contribution in [3.8, 4) is 0 Å². The summed E-state index contributed by atoms with van der Waals surface area (Å²) in [6.07, 6.45) is 0. The molecule has 72 valence electrons. The van der Waals surface area contributed by atoms with Gasteiger partial charge in [0.05, 0.1) is 0 Å². The standard InChI is InChI=1S/C5H11ClN2O3S/c1-4(2)7-5(9)8(3)12(6,10)11/h4H,1-3H3,(H,7,9). The zero-order valence-electron chi connectivity index (χ0n) is 7.04. The molecular weight excluding hydrogens is 204 g/mol. The molecule has 0 heterocycles. The molecule has 0 unspecified atom stereocenters. The second-order valence-electron chi connectivity index (χ2n) is 2.51. The van der Waals surface area contributed by atoms with Gasteiger partial charge in [0.25, 0.3) is 0 Å². The molecule has 0 aromatic rings. The molecule has 0 aliphatic heterocycles. The Labute approximate surface area is 76.2 Å². The van der Waals surface area contributed by atoms with Gasteiger partial charge in [0.2, 0.25) is 0 Å². The van der Waals surface area contributed by atoms with Crippen LogP contribution in [0.5, 0.6) is 0 Å². The summed E-state index contributed by atoms with van der Waals surface area (Å²) < 4.78 is 21.6. The van der Waals surface area contributed by atoms with Crippen LogP contribution in [-0.2, 0) is 9.24 Å². The Morgan fingerprint density at radius 3 is 2.17 bits per heavy atom. The normalized spacial score (nSPS) is 11.4. The average Bonchev–Trinajstić information content (AvgIpc) is 1.82. The number of urea groups is 1. The highest BCUT2D eigenvalue weighted by Gasteiger charge is 2.20. The highest BCUT2D eigenvalue weighted by Crippen LogP contribution is 2.02. The van der Waals surface area contributed by atoms with E-state index in [1.54, 1.807) is 13.8 Å². The van der Waals surface area contributed by atoms with Gasteiger partial charge in [0.1, 0.15) is 0 Å². The molecule has 1 N–H and O–H groups in total. The van der Waals surface area contributed by atoms with E-state index in [1.807, 2.05) is 0 Å². The second-order valence-corrected chi connectivity index (χ2v) is 5.06. The van der Waals surface area contributed by atoms with Crippen LogP contribution in [0.3, 0.4) is 0 Å². The number of nitrogens with zero attached hydrogens (tertiary/aromatic N) is 1. The fourth-order valence-corrected chi connectivity index (χ4v) is 0.876. The third-order valence-electron chi connectivity index (χ3n) is 1.03. The molecule has 0 rings (SSSR count). The Kier molecular flexibility index (Phi) is 3.79. The highest BCUT2D eigenvalue weighted by atomic mass is 35.7. The van der Waals surface area contributed by atoms with Crippen molar-refractivity contribution in [2.75, 3.05) is 7.05 Å². The summed E-state index contributed by atoms with van der Waals surface area (Å²) in [6, 6.07) is -0.863. The molecular formula is C5H11ClN2O3S. The van der Waals surface area contributed by atoms with Crippen LogP contribution in [0.1, 0.15) is 13.8 Å². The molecule has 0 aromatic carbocycles. The lowest BCUT2D eigenvalue weighted by atomic mass is 10.4. The summed E-state index contributed by atoms with van der Waals surface area (Å²) in [7, 11) is 2.03. The third kappa shape index (κ3) is 3.77. The number of rotatable bonds is 2. The smallest absolute Gasteiger partial charge is 0.331 e. The van der Waals surface area contributed by atoms with Crippen LogP contribution in [0.2, 0.25) is 0 Å². The summed E-state index contributed by atoms with van der Waals surface area (Å²) in [5, 5.41) is 2.37. The largest absolute Gasteiger partial charge is 0.335 e. The topological polar surface area (TPSA) is 66.5 Å². The van der Waals surface area contributed by atoms with Gasteiger partial charge in [-0.2, -0.15) is 8.42 Å². The summed E-state index contributed by atoms with van der Waals surface area (Å²) in [5.41, 5.74) is 0. The van der Waals surface area contributed by atoms with E-state index in [0.29, 0.717) is 4.31 Å². The lowest BCUT2D eigenvalue weighted by Gasteiger charge is -2.15. The van der Waals surface area contributed by atoms with Crippen LogP contribution in [0.4, 0.5) is 4.79 Å². The molecule has 5 nitrogen and oxygen atoms in total. The van der Waals surface area contributed by atoms with Gasteiger partial charge in [0.15, 0.2) is 0 Å². The predicted molar refractivity (Wildman–Crippen MR) is 46.2 cm³/mol. The molecule has 0 bridgehead atoms. The third-order valence-corrected chi connectivity index (χ3v) is 2.47. The van der Waals surface area contributed by atoms with E-state index in [2.05, 4.69) is 5.32 Å². The first kappa shape index (κ1) is 11.5. The minimum absolute atomic E-state index is 0.127. The second kappa shape index (κ2) is 3.95. The molecule has 2 amide bonds. The molecule has 0 aliphatic carbocycles. The van der Waals surface area contributed by atoms with Gasteiger partial charge in [-0.15, -0.1) is 0 Å². The minimum atomic E-state index is -3.95. The van der Waals surface area contributed by atoms with Crippen molar-refractivity contribution in [3.63, 3.8) is 0 Å². The van der Waals surface area contributed by atoms with Crippen molar-refractivity contribution in [1.29, 1.82) is 0 Å². The van der Waals surface area contributed by atoms with Gasteiger partial charge in [0, 0.05) is 23.8 Å². The zero-order valence-corrected chi connectivity index (χ0v) is 8.61. The average molecular weight is 215 g/mol. The number of hydrogen-bond donors (Lipinski definition) is 1. The molecule has 0 radical (unpaired) electrons. The molecule has 0 atom stereocenters. The SMILES string of the molecule is CC(C)NC(=O)N(C)S(=O)(=O)Cl. The fraction of sp³-hybridized carbons (Fsp3) is 0.800. The zero-order chi connectivity index (χ0) is 9.94. The van der Waals surface area contributed by atoms with Crippen LogP contribution in [0.15, 0.2) is 0 Å². The van der Waals surface area contributed by atoms with Crippen LogP contribution in [-0.4, -0.2) is 31.8 Å². The first-order valence-electron chi connectivity index (χ1n) is 3.24. The van der Waals surface area contributed by atoms with Crippen molar-refractivity contribution in [2.45, 2.75) is 19.9 Å². The van der Waals surface area contributed by atoms with Gasteiger partial charge in [-0.05, 0) is 13.8 Å². The molecule has 0 spiro atoms. The van der Waals surface area contributed by atoms with Gasteiger partial charge < -0.3 is 5.32 Å². The Hall–Kier alpha value is -0.490. The molecule has 0 aromatic heterocycles. The monoisotopic (exact) mass is 214 g/mol. The maximum absolute atomic E-state index is 11.0. The number of carbonyl (C=O) groups excluding carboxylic acids is 1. The van der Waals surface area contributed by atoms with Gasteiger partial charge >= 0.3 is 15.3 Å². The first-order valence-corrected chi connectivity index (χ1v) is 5.50. The maximum Gasteiger partial charge on any atom is 0.331 e. The Morgan fingerprint density at radius 1 is 1.50 bits per heavy atom. The van der Waals surface area contributed by atoms with Gasteiger partial charge in [-0.25, -0.2) is 9.10 Å². The Balaban J connectivity index is 4.32. The van der Waals surface area contributed by atoms with Crippen LogP contribution in [0, 0.1) is 0 Å². The van der Waals surface area contributed by atoms with Crippen molar-refractivity contribution < 1.29 is 13.2 Å². The Morgan fingerprint density at radius 2 is 1.92 bits per heavy atom. The molecule has 0 saturated carbocycles. The number of carbonyl (C=O) groups is 1. The number of halogens is 1. The maximum atomic E-state index is 11.0. The van der Waals surface area contributed by atoms with E-state index in [4.69, 9.17) is 10.7 Å². The van der Waals surface area contributed by atoms with Crippen LogP contribution >= 0.6 is 10.7 Å². The summed E-state index contributed by atoms with van der Waals surface area (Å²) in [5.74, 6) is 0. The summed E-state index contributed by atoms with van der Waals surface area (Å²) in [6.45, 7) is 3.43. The first-order chi connectivity index (χ1) is 5.25. The van der Waals surface area contributed by atoms with E-state index < -0.39 is 15.3 Å². The lowest BCUT2D eigenvalue weighted by molar-refractivity contribution is 0.226. The minimum Gasteiger partial charge on any atom is -0.335 e. The summed E-state index contributed by atoms with van der Waals surface area (Å²) >= 11 is 0. The molecule has 0 aliphatic rings. The quantitative estimate of drug-likeness (QED) is 0.682. The van der Waals surface area contributed by atoms with Crippen LogP contribution < -0.4 is 5.32 Å².